The fourth-order valence-corrected chi connectivity index (χ4v) is 2.77. The van der Waals surface area contributed by atoms with Gasteiger partial charge in [0.05, 0.1) is 11.8 Å². The average Bonchev–Trinajstić information content (AvgIpc) is 2.55. The van der Waals surface area contributed by atoms with Crippen LogP contribution in [0.4, 0.5) is 17.3 Å². The summed E-state index contributed by atoms with van der Waals surface area (Å²) in [5, 5.41) is 7.14. The van der Waals surface area contributed by atoms with E-state index in [1.807, 2.05) is 0 Å². The molecule has 22 heavy (non-hydrogen) atoms. The average molecular weight is 297 g/mol. The van der Waals surface area contributed by atoms with Gasteiger partial charge in [-0.15, -0.1) is 0 Å². The Kier molecular flexibility index (Phi) is 4.18. The second kappa shape index (κ2) is 6.43. The highest BCUT2D eigenvalue weighted by molar-refractivity contribution is 5.92. The van der Waals surface area contributed by atoms with Crippen LogP contribution in [-0.4, -0.2) is 23.3 Å². The fraction of sp³-hybridized carbons (Fsp3) is 0.312. The molecule has 1 aromatic heterocycles. The first-order chi connectivity index (χ1) is 10.8. The molecular formula is C16H19N5O. The maximum Gasteiger partial charge on any atom is 0.144 e. The van der Waals surface area contributed by atoms with E-state index in [4.69, 9.17) is 10.6 Å². The van der Waals surface area contributed by atoms with Gasteiger partial charge in [-0.2, -0.15) is 0 Å². The molecule has 114 valence electrons. The molecule has 2 aromatic rings. The van der Waals surface area contributed by atoms with Gasteiger partial charge in [0.25, 0.3) is 0 Å². The van der Waals surface area contributed by atoms with Gasteiger partial charge in [-0.25, -0.2) is 9.97 Å². The number of hydrogen-bond acceptors (Lipinski definition) is 6. The highest BCUT2D eigenvalue weighted by atomic mass is 16.6. The number of benzene rings is 1. The third-order valence-electron chi connectivity index (χ3n) is 3.85. The smallest absolute Gasteiger partial charge is 0.144 e. The molecule has 3 N–H and O–H groups in total. The third-order valence-corrected chi connectivity index (χ3v) is 3.85. The Morgan fingerprint density at radius 1 is 1.27 bits per heavy atom. The lowest BCUT2D eigenvalue weighted by molar-refractivity contribution is 0.215. The monoisotopic (exact) mass is 297 g/mol. The van der Waals surface area contributed by atoms with Crippen LogP contribution < -0.4 is 11.1 Å². The van der Waals surface area contributed by atoms with Crippen molar-refractivity contribution in [2.24, 2.45) is 5.16 Å². The van der Waals surface area contributed by atoms with Gasteiger partial charge in [-0.1, -0.05) is 17.3 Å². The molecule has 6 nitrogen and oxygen atoms in total. The minimum absolute atomic E-state index is 0.364. The van der Waals surface area contributed by atoms with E-state index >= 15 is 0 Å². The summed E-state index contributed by atoms with van der Waals surface area (Å²) in [4.78, 5) is 13.0. The molecule has 0 unspecified atom stereocenters. The van der Waals surface area contributed by atoms with Crippen molar-refractivity contribution in [3.63, 3.8) is 0 Å². The molecular weight excluding hydrogens is 278 g/mol. The highest BCUT2D eigenvalue weighted by Crippen LogP contribution is 2.30. The Hall–Kier alpha value is -2.63. The lowest BCUT2D eigenvalue weighted by atomic mass is 9.90. The summed E-state index contributed by atoms with van der Waals surface area (Å²) in [5.74, 6) is 0.996. The molecule has 0 spiro atoms. The lowest BCUT2D eigenvalue weighted by Gasteiger charge is -2.20. The number of nitrogens with two attached hydrogens (primary N) is 1. The number of oxime groups is 1. The molecule has 3 rings (SSSR count). The number of hydrogen-bond donors (Lipinski definition) is 2. The van der Waals surface area contributed by atoms with E-state index in [-0.39, 0.29) is 0 Å². The Morgan fingerprint density at radius 3 is 3.00 bits per heavy atom. The second-order valence-electron chi connectivity index (χ2n) is 5.21. The number of aryl methyl sites for hydroxylation is 1. The Balaban J connectivity index is 1.97. The topological polar surface area (TPSA) is 85.4 Å². The molecule has 1 heterocycles. The Bertz CT molecular complexity index is 699. The van der Waals surface area contributed by atoms with Gasteiger partial charge in [0.15, 0.2) is 0 Å². The van der Waals surface area contributed by atoms with E-state index in [1.54, 1.807) is 0 Å². The summed E-state index contributed by atoms with van der Waals surface area (Å²) < 4.78 is 0. The van der Waals surface area contributed by atoms with E-state index in [0.717, 1.165) is 18.5 Å². The van der Waals surface area contributed by atoms with Crippen molar-refractivity contribution in [1.82, 2.24) is 9.97 Å². The summed E-state index contributed by atoms with van der Waals surface area (Å²) in [6, 6.07) is 6.33. The molecule has 0 amide bonds. The van der Waals surface area contributed by atoms with Gasteiger partial charge in [0.2, 0.25) is 0 Å². The van der Waals surface area contributed by atoms with Gasteiger partial charge in [0, 0.05) is 5.69 Å². The predicted molar refractivity (Wildman–Crippen MR) is 87.4 cm³/mol. The van der Waals surface area contributed by atoms with Crippen molar-refractivity contribution < 1.29 is 4.84 Å². The van der Waals surface area contributed by atoms with Crippen LogP contribution in [0.15, 0.2) is 29.7 Å². The summed E-state index contributed by atoms with van der Waals surface area (Å²) in [7, 11) is 1.48. The maximum atomic E-state index is 5.92. The van der Waals surface area contributed by atoms with Crippen LogP contribution in [0.25, 0.3) is 0 Å². The molecule has 0 saturated heterocycles. The number of nitrogens with zero attached hydrogens (tertiary/aromatic N) is 3. The van der Waals surface area contributed by atoms with Crippen LogP contribution in [-0.2, 0) is 17.7 Å². The van der Waals surface area contributed by atoms with Crippen molar-refractivity contribution in [3.8, 4) is 0 Å². The van der Waals surface area contributed by atoms with Gasteiger partial charge >= 0.3 is 0 Å². The lowest BCUT2D eigenvalue weighted by Crippen LogP contribution is -2.09. The van der Waals surface area contributed by atoms with Crippen LogP contribution in [0.2, 0.25) is 0 Å². The van der Waals surface area contributed by atoms with Gasteiger partial charge in [0.1, 0.15) is 25.1 Å². The Labute approximate surface area is 129 Å². The van der Waals surface area contributed by atoms with Crippen molar-refractivity contribution in [2.75, 3.05) is 18.2 Å². The zero-order valence-electron chi connectivity index (χ0n) is 12.5. The first kappa shape index (κ1) is 14.3. The summed E-state index contributed by atoms with van der Waals surface area (Å²) in [5.41, 5.74) is 10.4. The molecule has 0 saturated carbocycles. The summed E-state index contributed by atoms with van der Waals surface area (Å²) in [6.45, 7) is 0. The maximum absolute atomic E-state index is 5.92. The SMILES string of the molecule is CON=Cc1c(N)ncnc1Nc1cccc2c1CCCC2. The van der Waals surface area contributed by atoms with Crippen LogP contribution in [0.1, 0.15) is 29.5 Å². The number of aromatic nitrogens is 2. The molecule has 0 bridgehead atoms. The van der Waals surface area contributed by atoms with Crippen LogP contribution >= 0.6 is 0 Å². The zero-order chi connectivity index (χ0) is 15.4. The third kappa shape index (κ3) is 2.86. The Morgan fingerprint density at radius 2 is 2.14 bits per heavy atom. The summed E-state index contributed by atoms with van der Waals surface area (Å²) in [6.07, 6.45) is 7.65. The van der Waals surface area contributed by atoms with Crippen LogP contribution in [0, 0.1) is 0 Å². The molecule has 0 atom stereocenters. The largest absolute Gasteiger partial charge is 0.399 e. The summed E-state index contributed by atoms with van der Waals surface area (Å²) >= 11 is 0. The minimum atomic E-state index is 0.364. The quantitative estimate of drug-likeness (QED) is 0.669. The molecule has 0 aliphatic heterocycles. The van der Waals surface area contributed by atoms with E-state index in [0.29, 0.717) is 17.2 Å². The zero-order valence-corrected chi connectivity index (χ0v) is 12.5. The predicted octanol–water partition coefficient (Wildman–Crippen LogP) is 2.66. The minimum Gasteiger partial charge on any atom is -0.399 e. The van der Waals surface area contributed by atoms with Crippen LogP contribution in [0.5, 0.6) is 0 Å². The van der Waals surface area contributed by atoms with E-state index in [9.17, 15) is 0 Å². The molecule has 0 fully saturated rings. The second-order valence-corrected chi connectivity index (χ2v) is 5.21. The van der Waals surface area contributed by atoms with E-state index in [2.05, 4.69) is 38.6 Å². The molecule has 6 heteroatoms. The number of rotatable bonds is 4. The first-order valence-corrected chi connectivity index (χ1v) is 7.34. The normalized spacial score (nSPS) is 13.9. The van der Waals surface area contributed by atoms with E-state index < -0.39 is 0 Å². The number of nitrogens with one attached hydrogen (secondary N) is 1. The van der Waals surface area contributed by atoms with Crippen molar-refractivity contribution in [1.29, 1.82) is 0 Å². The molecule has 1 aliphatic rings. The number of anilines is 3. The number of nitrogen functional groups attached to an aromatic ring is 1. The highest BCUT2D eigenvalue weighted by Gasteiger charge is 2.15. The van der Waals surface area contributed by atoms with Crippen molar-refractivity contribution in [3.05, 3.63) is 41.2 Å². The van der Waals surface area contributed by atoms with Crippen molar-refractivity contribution >= 4 is 23.5 Å². The number of fused-ring (bicyclic) bond motifs is 1. The van der Waals surface area contributed by atoms with Crippen molar-refractivity contribution in [2.45, 2.75) is 25.7 Å². The standard InChI is InChI=1S/C16H19N5O/c1-22-20-9-13-15(17)18-10-19-16(13)21-14-8-4-6-11-5-2-3-7-12(11)14/h4,6,8-10H,2-3,5,7H2,1H3,(H3,17,18,19,21). The fourth-order valence-electron chi connectivity index (χ4n) is 2.77. The van der Waals surface area contributed by atoms with Gasteiger partial charge in [-0.3, -0.25) is 0 Å². The van der Waals surface area contributed by atoms with Gasteiger partial charge in [-0.05, 0) is 42.9 Å². The van der Waals surface area contributed by atoms with Crippen LogP contribution in [0.3, 0.4) is 0 Å². The molecule has 0 radical (unpaired) electrons. The first-order valence-electron chi connectivity index (χ1n) is 7.34. The molecule has 1 aromatic carbocycles. The van der Waals surface area contributed by atoms with Gasteiger partial charge < -0.3 is 15.9 Å². The van der Waals surface area contributed by atoms with E-state index in [1.165, 1.54) is 43.6 Å². The molecule has 1 aliphatic carbocycles.